The van der Waals surface area contributed by atoms with E-state index in [1.807, 2.05) is 12.2 Å². The van der Waals surface area contributed by atoms with Crippen LogP contribution < -0.4 is 0 Å². The highest BCUT2D eigenvalue weighted by atomic mass is 16.8. The highest BCUT2D eigenvalue weighted by molar-refractivity contribution is 5.62. The summed E-state index contributed by atoms with van der Waals surface area (Å²) in [5, 5.41) is 0. The number of hydrogen-bond acceptors (Lipinski definition) is 3. The smallest absolute Gasteiger partial charge is 0.427 e. The third kappa shape index (κ3) is 0.781. The summed E-state index contributed by atoms with van der Waals surface area (Å²) in [6.45, 7) is 0. The minimum absolute atomic E-state index is 0.0162. The van der Waals surface area contributed by atoms with Crippen LogP contribution in [0, 0.1) is 0 Å². The van der Waals surface area contributed by atoms with Crippen molar-refractivity contribution in [2.45, 2.75) is 25.0 Å². The SMILES string of the molecule is O=C1O[C@H]2CC=CC[C@H]2O1. The zero-order valence-corrected chi connectivity index (χ0v) is 5.45. The maximum Gasteiger partial charge on any atom is 0.509 e. The Labute approximate surface area is 58.6 Å². The van der Waals surface area contributed by atoms with E-state index in [2.05, 4.69) is 0 Å². The van der Waals surface area contributed by atoms with Crippen LogP contribution in [0.25, 0.3) is 0 Å². The molecule has 0 N–H and O–H groups in total. The summed E-state index contributed by atoms with van der Waals surface area (Å²) in [6, 6.07) is 0. The second-order valence-electron chi connectivity index (χ2n) is 2.51. The number of ether oxygens (including phenoxy) is 2. The summed E-state index contributed by atoms with van der Waals surface area (Å²) in [5.74, 6) is 0. The van der Waals surface area contributed by atoms with Gasteiger partial charge in [0.1, 0.15) is 12.2 Å². The number of carbonyl (C=O) groups excluding carboxylic acids is 1. The number of rotatable bonds is 0. The highest BCUT2D eigenvalue weighted by Crippen LogP contribution is 2.24. The van der Waals surface area contributed by atoms with Crippen LogP contribution in [0.5, 0.6) is 0 Å². The van der Waals surface area contributed by atoms with E-state index in [-0.39, 0.29) is 12.2 Å². The van der Waals surface area contributed by atoms with Gasteiger partial charge in [0.15, 0.2) is 0 Å². The molecule has 0 amide bonds. The molecule has 0 saturated carbocycles. The van der Waals surface area contributed by atoms with Gasteiger partial charge in [0.25, 0.3) is 0 Å². The largest absolute Gasteiger partial charge is 0.509 e. The molecule has 0 aromatic rings. The Morgan fingerprint density at radius 3 is 2.20 bits per heavy atom. The molecule has 54 valence electrons. The molecule has 0 aromatic heterocycles. The monoisotopic (exact) mass is 140 g/mol. The van der Waals surface area contributed by atoms with Crippen LogP contribution in [-0.2, 0) is 9.47 Å². The van der Waals surface area contributed by atoms with Gasteiger partial charge in [-0.2, -0.15) is 0 Å². The summed E-state index contributed by atoms with van der Waals surface area (Å²) < 4.78 is 9.71. The van der Waals surface area contributed by atoms with Gasteiger partial charge >= 0.3 is 6.16 Å². The van der Waals surface area contributed by atoms with Crippen molar-refractivity contribution in [2.75, 3.05) is 0 Å². The Hall–Kier alpha value is -0.990. The molecule has 0 radical (unpaired) electrons. The molecule has 1 fully saturated rings. The summed E-state index contributed by atoms with van der Waals surface area (Å²) in [6.07, 6.45) is 5.09. The molecule has 0 aromatic carbocycles. The molecule has 1 aliphatic heterocycles. The number of fused-ring (bicyclic) bond motifs is 1. The summed E-state index contributed by atoms with van der Waals surface area (Å²) in [5.41, 5.74) is 0. The van der Waals surface area contributed by atoms with Crippen molar-refractivity contribution in [3.05, 3.63) is 12.2 Å². The zero-order valence-electron chi connectivity index (χ0n) is 5.45. The molecule has 0 unspecified atom stereocenters. The lowest BCUT2D eigenvalue weighted by Gasteiger charge is -2.14. The molecule has 10 heavy (non-hydrogen) atoms. The van der Waals surface area contributed by atoms with Crippen molar-refractivity contribution in [1.29, 1.82) is 0 Å². The van der Waals surface area contributed by atoms with Crippen LogP contribution in [0.3, 0.4) is 0 Å². The van der Waals surface area contributed by atoms with Crippen molar-refractivity contribution in [3.8, 4) is 0 Å². The molecule has 0 spiro atoms. The highest BCUT2D eigenvalue weighted by Gasteiger charge is 2.36. The Morgan fingerprint density at radius 1 is 1.20 bits per heavy atom. The fourth-order valence-electron chi connectivity index (χ4n) is 1.29. The minimum Gasteiger partial charge on any atom is -0.427 e. The predicted molar refractivity (Wildman–Crippen MR) is 33.5 cm³/mol. The lowest BCUT2D eigenvalue weighted by atomic mass is 10.0. The average molecular weight is 140 g/mol. The van der Waals surface area contributed by atoms with E-state index in [0.717, 1.165) is 12.8 Å². The molecule has 3 nitrogen and oxygen atoms in total. The number of hydrogen-bond donors (Lipinski definition) is 0. The Kier molecular flexibility index (Phi) is 1.16. The van der Waals surface area contributed by atoms with Crippen LogP contribution in [0.2, 0.25) is 0 Å². The molecule has 1 heterocycles. The fraction of sp³-hybridized carbons (Fsp3) is 0.571. The molecule has 1 saturated heterocycles. The lowest BCUT2D eigenvalue weighted by molar-refractivity contribution is 0.117. The third-order valence-corrected chi connectivity index (χ3v) is 1.81. The van der Waals surface area contributed by atoms with Gasteiger partial charge in [-0.3, -0.25) is 0 Å². The fourth-order valence-corrected chi connectivity index (χ4v) is 1.29. The second kappa shape index (κ2) is 2.01. The van der Waals surface area contributed by atoms with E-state index in [9.17, 15) is 4.79 Å². The molecule has 2 aliphatic rings. The molecular weight excluding hydrogens is 132 g/mol. The first-order valence-corrected chi connectivity index (χ1v) is 3.38. The maximum absolute atomic E-state index is 10.5. The topological polar surface area (TPSA) is 35.5 Å². The lowest BCUT2D eigenvalue weighted by Crippen LogP contribution is -2.23. The second-order valence-corrected chi connectivity index (χ2v) is 2.51. The van der Waals surface area contributed by atoms with Gasteiger partial charge in [0.2, 0.25) is 0 Å². The summed E-state index contributed by atoms with van der Waals surface area (Å²) in [7, 11) is 0. The number of carbonyl (C=O) groups is 1. The van der Waals surface area contributed by atoms with Gasteiger partial charge in [0.05, 0.1) is 0 Å². The van der Waals surface area contributed by atoms with E-state index in [1.54, 1.807) is 0 Å². The first kappa shape index (κ1) is 5.77. The van der Waals surface area contributed by atoms with E-state index < -0.39 is 6.16 Å². The van der Waals surface area contributed by atoms with E-state index in [0.29, 0.717) is 0 Å². The van der Waals surface area contributed by atoms with Gasteiger partial charge in [-0.25, -0.2) is 4.79 Å². The van der Waals surface area contributed by atoms with Gasteiger partial charge < -0.3 is 9.47 Å². The van der Waals surface area contributed by atoms with Gasteiger partial charge in [0, 0.05) is 12.8 Å². The Morgan fingerprint density at radius 2 is 1.70 bits per heavy atom. The van der Waals surface area contributed by atoms with Crippen molar-refractivity contribution in [3.63, 3.8) is 0 Å². The zero-order chi connectivity index (χ0) is 6.97. The van der Waals surface area contributed by atoms with Crippen LogP contribution >= 0.6 is 0 Å². The quantitative estimate of drug-likeness (QED) is 0.375. The third-order valence-electron chi connectivity index (χ3n) is 1.81. The van der Waals surface area contributed by atoms with Crippen LogP contribution in [0.4, 0.5) is 4.79 Å². The summed E-state index contributed by atoms with van der Waals surface area (Å²) >= 11 is 0. The predicted octanol–water partition coefficient (Wildman–Crippen LogP) is 1.24. The van der Waals surface area contributed by atoms with Crippen molar-refractivity contribution >= 4 is 6.16 Å². The molecule has 3 heteroatoms. The van der Waals surface area contributed by atoms with Gasteiger partial charge in [-0.1, -0.05) is 12.2 Å². The molecule has 1 aliphatic carbocycles. The standard InChI is InChI=1S/C7H8O3/c8-7-9-5-3-1-2-4-6(5)10-7/h1-2,5-6H,3-4H2/t5-,6+. The van der Waals surface area contributed by atoms with E-state index >= 15 is 0 Å². The van der Waals surface area contributed by atoms with E-state index in [4.69, 9.17) is 9.47 Å². The van der Waals surface area contributed by atoms with Crippen LogP contribution in [-0.4, -0.2) is 18.4 Å². The minimum atomic E-state index is -0.515. The molecule has 2 atom stereocenters. The normalized spacial score (nSPS) is 36.6. The average Bonchev–Trinajstić information content (AvgIpc) is 2.27. The first-order valence-electron chi connectivity index (χ1n) is 3.38. The first-order chi connectivity index (χ1) is 4.86. The molecule has 2 rings (SSSR count). The van der Waals surface area contributed by atoms with Gasteiger partial charge in [-0.15, -0.1) is 0 Å². The summed E-state index contributed by atoms with van der Waals surface area (Å²) in [4.78, 5) is 10.5. The Bertz CT molecular complexity index is 167. The molecular formula is C7H8O3. The van der Waals surface area contributed by atoms with Gasteiger partial charge in [-0.05, 0) is 0 Å². The van der Waals surface area contributed by atoms with Crippen LogP contribution in [0.1, 0.15) is 12.8 Å². The van der Waals surface area contributed by atoms with Crippen molar-refractivity contribution in [2.24, 2.45) is 0 Å². The Balaban J connectivity index is 2.11. The van der Waals surface area contributed by atoms with Crippen molar-refractivity contribution in [1.82, 2.24) is 0 Å². The van der Waals surface area contributed by atoms with Crippen LogP contribution in [0.15, 0.2) is 12.2 Å². The van der Waals surface area contributed by atoms with Crippen molar-refractivity contribution < 1.29 is 14.3 Å². The molecule has 0 bridgehead atoms. The van der Waals surface area contributed by atoms with E-state index in [1.165, 1.54) is 0 Å². The maximum atomic E-state index is 10.5.